The Hall–Kier alpha value is -0.930. The van der Waals surface area contributed by atoms with Crippen LogP contribution in [0, 0.1) is 0 Å². The predicted octanol–water partition coefficient (Wildman–Crippen LogP) is -1.68. The van der Waals surface area contributed by atoms with Crippen LogP contribution in [0.4, 0.5) is 0 Å². The highest BCUT2D eigenvalue weighted by Gasteiger charge is 2.34. The molecule has 1 aromatic heterocycles. The van der Waals surface area contributed by atoms with Crippen LogP contribution in [0.2, 0.25) is 0 Å². The summed E-state index contributed by atoms with van der Waals surface area (Å²) in [6.45, 7) is 1.58. The van der Waals surface area contributed by atoms with Gasteiger partial charge in [0.05, 0.1) is 38.2 Å². The van der Waals surface area contributed by atoms with Crippen molar-refractivity contribution in [2.75, 3.05) is 20.8 Å². The highest BCUT2D eigenvalue weighted by Crippen LogP contribution is 2.24. The van der Waals surface area contributed by atoms with Crippen molar-refractivity contribution in [2.45, 2.75) is 62.4 Å². The van der Waals surface area contributed by atoms with Crippen molar-refractivity contribution in [2.24, 2.45) is 0 Å². The third-order valence-corrected chi connectivity index (χ3v) is 4.80. The number of rotatable bonds is 8. The zero-order valence-corrected chi connectivity index (χ0v) is 15.5. The molecule has 6 atom stereocenters. The third-order valence-electron chi connectivity index (χ3n) is 4.80. The van der Waals surface area contributed by atoms with E-state index in [-0.39, 0.29) is 36.4 Å². The SMILES string of the molecule is B[C@H]1CC(OC)[C@@H](Cn2cc(COC3C[C@H](B)O[C@@H]3COC)nn2)O1. The van der Waals surface area contributed by atoms with Crippen molar-refractivity contribution in [3.05, 3.63) is 11.9 Å². The van der Waals surface area contributed by atoms with E-state index in [1.807, 2.05) is 6.20 Å². The maximum absolute atomic E-state index is 5.99. The van der Waals surface area contributed by atoms with Gasteiger partial charge in [0.15, 0.2) is 0 Å². The van der Waals surface area contributed by atoms with Gasteiger partial charge >= 0.3 is 0 Å². The molecule has 0 amide bonds. The van der Waals surface area contributed by atoms with Crippen LogP contribution >= 0.6 is 0 Å². The summed E-state index contributed by atoms with van der Waals surface area (Å²) in [5.41, 5.74) is 0.802. The normalized spacial score (nSPS) is 35.4. The summed E-state index contributed by atoms with van der Waals surface area (Å²) in [4.78, 5) is 0. The van der Waals surface area contributed by atoms with Crippen LogP contribution in [-0.2, 0) is 36.8 Å². The molecule has 8 nitrogen and oxygen atoms in total. The molecular weight excluding hydrogens is 324 g/mol. The van der Waals surface area contributed by atoms with Gasteiger partial charge in [0.2, 0.25) is 0 Å². The lowest BCUT2D eigenvalue weighted by molar-refractivity contribution is -0.0522. The number of aromatic nitrogens is 3. The van der Waals surface area contributed by atoms with Gasteiger partial charge in [-0.2, -0.15) is 0 Å². The van der Waals surface area contributed by atoms with E-state index in [0.717, 1.165) is 18.5 Å². The van der Waals surface area contributed by atoms with Crippen LogP contribution < -0.4 is 0 Å². The Morgan fingerprint density at radius 1 is 1.16 bits per heavy atom. The fourth-order valence-electron chi connectivity index (χ4n) is 3.61. The minimum atomic E-state index is -0.0223. The van der Waals surface area contributed by atoms with E-state index in [1.54, 1.807) is 18.9 Å². The molecule has 2 aliphatic rings. The van der Waals surface area contributed by atoms with Gasteiger partial charge in [-0.15, -0.1) is 5.10 Å². The number of hydrogen-bond acceptors (Lipinski definition) is 7. The first-order chi connectivity index (χ1) is 12.1. The summed E-state index contributed by atoms with van der Waals surface area (Å²) in [5.74, 6) is 0. The largest absolute Gasteiger partial charge is 0.382 e. The summed E-state index contributed by atoms with van der Waals surface area (Å²) < 4.78 is 30.2. The second-order valence-electron chi connectivity index (χ2n) is 6.95. The van der Waals surface area contributed by atoms with Crippen LogP contribution in [0.25, 0.3) is 0 Å². The molecule has 2 unspecified atom stereocenters. The van der Waals surface area contributed by atoms with Crippen molar-refractivity contribution < 1.29 is 23.7 Å². The molecule has 25 heavy (non-hydrogen) atoms. The van der Waals surface area contributed by atoms with Gasteiger partial charge in [-0.1, -0.05) is 5.21 Å². The van der Waals surface area contributed by atoms with Gasteiger partial charge in [0, 0.05) is 26.2 Å². The standard InChI is InChI=1S/C15H27B2N3O5/c1-21-8-13-11(4-15(17)25-13)23-7-9-5-20(19-18-9)6-12-10(22-2)3-14(16)24-12/h5,10-15H,3-4,6-8,16-17H2,1-2H3/t10?,11?,12-,13-,14-,15-/m1/s1. The molecule has 0 radical (unpaired) electrons. The summed E-state index contributed by atoms with van der Waals surface area (Å²) in [6, 6.07) is 0.400. The molecule has 0 spiro atoms. The minimum absolute atomic E-state index is 0.00522. The third kappa shape index (κ3) is 4.83. The van der Waals surface area contributed by atoms with E-state index >= 15 is 0 Å². The fraction of sp³-hybridized carbons (Fsp3) is 0.867. The molecular formula is C15H27B2N3O5. The zero-order valence-electron chi connectivity index (χ0n) is 15.5. The summed E-state index contributed by atoms with van der Waals surface area (Å²) in [7, 11) is 7.51. The van der Waals surface area contributed by atoms with E-state index in [9.17, 15) is 0 Å². The predicted molar refractivity (Wildman–Crippen MR) is 94.9 cm³/mol. The van der Waals surface area contributed by atoms with E-state index in [1.165, 1.54) is 0 Å². The lowest BCUT2D eigenvalue weighted by Gasteiger charge is -2.17. The quantitative estimate of drug-likeness (QED) is 0.518. The van der Waals surface area contributed by atoms with E-state index in [0.29, 0.717) is 19.8 Å². The van der Waals surface area contributed by atoms with Gasteiger partial charge in [0.25, 0.3) is 0 Å². The van der Waals surface area contributed by atoms with Crippen molar-refractivity contribution in [1.29, 1.82) is 0 Å². The Morgan fingerprint density at radius 3 is 2.60 bits per heavy atom. The molecule has 0 aliphatic carbocycles. The second-order valence-corrected chi connectivity index (χ2v) is 6.95. The molecule has 3 heterocycles. The maximum atomic E-state index is 5.99. The molecule has 0 bridgehead atoms. The van der Waals surface area contributed by atoms with E-state index in [4.69, 9.17) is 23.7 Å². The summed E-state index contributed by atoms with van der Waals surface area (Å²) in [6.07, 6.45) is 3.79. The Morgan fingerprint density at radius 2 is 1.88 bits per heavy atom. The molecule has 0 saturated carbocycles. The summed E-state index contributed by atoms with van der Waals surface area (Å²) >= 11 is 0. The van der Waals surface area contributed by atoms with Gasteiger partial charge in [-0.3, -0.25) is 0 Å². The van der Waals surface area contributed by atoms with Gasteiger partial charge < -0.3 is 23.7 Å². The van der Waals surface area contributed by atoms with Crippen LogP contribution in [0.15, 0.2) is 6.20 Å². The highest BCUT2D eigenvalue weighted by atomic mass is 16.6. The monoisotopic (exact) mass is 351 g/mol. The molecule has 0 aromatic carbocycles. The van der Waals surface area contributed by atoms with Crippen LogP contribution in [0.5, 0.6) is 0 Å². The molecule has 2 fully saturated rings. The van der Waals surface area contributed by atoms with Crippen molar-refractivity contribution in [3.8, 4) is 0 Å². The Bertz CT molecular complexity index is 549. The lowest BCUT2D eigenvalue weighted by atomic mass is 9.96. The summed E-state index contributed by atoms with van der Waals surface area (Å²) in [5, 5.41) is 8.38. The number of methoxy groups -OCH3 is 2. The van der Waals surface area contributed by atoms with E-state index in [2.05, 4.69) is 26.0 Å². The second kappa shape index (κ2) is 8.64. The van der Waals surface area contributed by atoms with Crippen LogP contribution in [0.3, 0.4) is 0 Å². The number of hydrogen-bond donors (Lipinski definition) is 0. The first-order valence-corrected chi connectivity index (χ1v) is 8.92. The first-order valence-electron chi connectivity index (χ1n) is 8.92. The number of ether oxygens (including phenoxy) is 5. The molecule has 3 rings (SSSR count). The number of nitrogens with zero attached hydrogens (tertiary/aromatic N) is 3. The van der Waals surface area contributed by atoms with Crippen molar-refractivity contribution >= 4 is 15.7 Å². The average Bonchev–Trinajstić information content (AvgIpc) is 3.26. The average molecular weight is 351 g/mol. The fourth-order valence-corrected chi connectivity index (χ4v) is 3.61. The van der Waals surface area contributed by atoms with Crippen LogP contribution in [0.1, 0.15) is 18.5 Å². The molecule has 138 valence electrons. The zero-order chi connectivity index (χ0) is 17.8. The van der Waals surface area contributed by atoms with Gasteiger partial charge in [-0.05, 0) is 12.8 Å². The van der Waals surface area contributed by atoms with Crippen molar-refractivity contribution in [1.82, 2.24) is 15.0 Å². The molecule has 1 aromatic rings. The molecule has 10 heteroatoms. The van der Waals surface area contributed by atoms with Crippen molar-refractivity contribution in [3.63, 3.8) is 0 Å². The Balaban J connectivity index is 1.50. The smallest absolute Gasteiger partial charge is 0.139 e. The molecule has 2 aliphatic heterocycles. The molecule has 2 saturated heterocycles. The lowest BCUT2D eigenvalue weighted by Crippen LogP contribution is -2.29. The Kier molecular flexibility index (Phi) is 6.51. The van der Waals surface area contributed by atoms with Gasteiger partial charge in [0.1, 0.15) is 33.6 Å². The highest BCUT2D eigenvalue weighted by molar-refractivity contribution is 6.11. The topological polar surface area (TPSA) is 76.9 Å². The molecule has 0 N–H and O–H groups in total. The Labute approximate surface area is 150 Å². The minimum Gasteiger partial charge on any atom is -0.382 e. The van der Waals surface area contributed by atoms with Gasteiger partial charge in [-0.25, -0.2) is 4.68 Å². The maximum Gasteiger partial charge on any atom is 0.139 e. The van der Waals surface area contributed by atoms with E-state index < -0.39 is 0 Å². The van der Waals surface area contributed by atoms with Crippen LogP contribution in [-0.4, -0.2) is 87.9 Å². The first kappa shape index (κ1) is 18.8.